The molecule has 4 nitrogen and oxygen atoms in total. The maximum Gasteiger partial charge on any atom is 0.250 e. The standard InChI is InChI=1S/C14H13F3N2O2/c1-6-13(20)18-12(7-2-3-7)14(21)19(6)9-5-4-8(15)10(16)11(9)17/h4-7,12H,2-3H2,1H3,(H,18,20). The SMILES string of the molecule is CC1C(=O)NC(C2CC2)C(=O)N1c1ccc(F)c(F)c1F. The molecule has 2 unspecified atom stereocenters. The highest BCUT2D eigenvalue weighted by molar-refractivity contribution is 6.08. The zero-order chi connectivity index (χ0) is 15.3. The first-order valence-corrected chi connectivity index (χ1v) is 6.68. The third-order valence-corrected chi connectivity index (χ3v) is 3.94. The zero-order valence-electron chi connectivity index (χ0n) is 11.2. The molecule has 0 spiro atoms. The van der Waals surface area contributed by atoms with Crippen LogP contribution in [0.5, 0.6) is 0 Å². The van der Waals surface area contributed by atoms with E-state index in [1.807, 2.05) is 0 Å². The zero-order valence-corrected chi connectivity index (χ0v) is 11.2. The second-order valence-electron chi connectivity index (χ2n) is 5.40. The van der Waals surface area contributed by atoms with Gasteiger partial charge in [-0.2, -0.15) is 0 Å². The van der Waals surface area contributed by atoms with Crippen LogP contribution in [0.1, 0.15) is 19.8 Å². The summed E-state index contributed by atoms with van der Waals surface area (Å²) < 4.78 is 40.3. The van der Waals surface area contributed by atoms with E-state index in [2.05, 4.69) is 5.32 Å². The number of amides is 2. The highest BCUT2D eigenvalue weighted by atomic mass is 19.2. The van der Waals surface area contributed by atoms with Crippen molar-refractivity contribution in [3.63, 3.8) is 0 Å². The van der Waals surface area contributed by atoms with Gasteiger partial charge in [0.25, 0.3) is 5.91 Å². The van der Waals surface area contributed by atoms with E-state index in [0.717, 1.165) is 29.9 Å². The number of hydrogen-bond donors (Lipinski definition) is 1. The molecule has 2 aliphatic rings. The third-order valence-electron chi connectivity index (χ3n) is 3.94. The first kappa shape index (κ1) is 13.9. The largest absolute Gasteiger partial charge is 0.342 e. The fourth-order valence-corrected chi connectivity index (χ4v) is 2.57. The van der Waals surface area contributed by atoms with Gasteiger partial charge in [-0.3, -0.25) is 14.5 Å². The number of anilines is 1. The smallest absolute Gasteiger partial charge is 0.250 e. The molecule has 1 aliphatic heterocycles. The van der Waals surface area contributed by atoms with Crippen molar-refractivity contribution in [2.75, 3.05) is 4.90 Å². The Morgan fingerprint density at radius 3 is 2.43 bits per heavy atom. The molecule has 112 valence electrons. The predicted octanol–water partition coefficient (Wildman–Crippen LogP) is 1.73. The Morgan fingerprint density at radius 2 is 1.81 bits per heavy atom. The normalized spacial score (nSPS) is 26.0. The minimum absolute atomic E-state index is 0.0322. The average molecular weight is 298 g/mol. The van der Waals surface area contributed by atoms with Crippen LogP contribution in [0.2, 0.25) is 0 Å². The summed E-state index contributed by atoms with van der Waals surface area (Å²) in [7, 11) is 0. The second-order valence-corrected chi connectivity index (χ2v) is 5.40. The lowest BCUT2D eigenvalue weighted by atomic mass is 10.0. The summed E-state index contributed by atoms with van der Waals surface area (Å²) in [6.45, 7) is 1.41. The number of benzene rings is 1. The van der Waals surface area contributed by atoms with Crippen molar-refractivity contribution in [1.82, 2.24) is 5.32 Å². The summed E-state index contributed by atoms with van der Waals surface area (Å²) in [4.78, 5) is 25.3. The first-order valence-electron chi connectivity index (χ1n) is 6.68. The van der Waals surface area contributed by atoms with Gasteiger partial charge >= 0.3 is 0 Å². The topological polar surface area (TPSA) is 49.4 Å². The van der Waals surface area contributed by atoms with Crippen molar-refractivity contribution in [3.05, 3.63) is 29.6 Å². The lowest BCUT2D eigenvalue weighted by Crippen LogP contribution is -2.63. The van der Waals surface area contributed by atoms with Crippen molar-refractivity contribution >= 4 is 17.5 Å². The van der Waals surface area contributed by atoms with Crippen LogP contribution in [-0.2, 0) is 9.59 Å². The number of carbonyl (C=O) groups excluding carboxylic acids is 2. The van der Waals surface area contributed by atoms with Crippen LogP contribution >= 0.6 is 0 Å². The van der Waals surface area contributed by atoms with Gasteiger partial charge in [0.1, 0.15) is 12.1 Å². The van der Waals surface area contributed by atoms with Crippen molar-refractivity contribution in [2.45, 2.75) is 31.8 Å². The molecule has 2 atom stereocenters. The number of rotatable bonds is 2. The van der Waals surface area contributed by atoms with Crippen LogP contribution in [0.15, 0.2) is 12.1 Å². The van der Waals surface area contributed by atoms with Crippen LogP contribution in [0, 0.1) is 23.4 Å². The maximum atomic E-state index is 13.9. The van der Waals surface area contributed by atoms with E-state index in [1.165, 1.54) is 6.92 Å². The molecule has 7 heteroatoms. The van der Waals surface area contributed by atoms with Crippen LogP contribution in [-0.4, -0.2) is 23.9 Å². The molecular weight excluding hydrogens is 285 g/mol. The van der Waals surface area contributed by atoms with Gasteiger partial charge in [0, 0.05) is 0 Å². The Kier molecular flexibility index (Phi) is 3.15. The summed E-state index contributed by atoms with van der Waals surface area (Å²) >= 11 is 0. The van der Waals surface area contributed by atoms with Crippen LogP contribution in [0.3, 0.4) is 0 Å². The van der Waals surface area contributed by atoms with E-state index < -0.39 is 47.0 Å². The van der Waals surface area contributed by atoms with E-state index >= 15 is 0 Å². The maximum absolute atomic E-state index is 13.9. The van der Waals surface area contributed by atoms with Gasteiger partial charge in [-0.1, -0.05) is 0 Å². The average Bonchev–Trinajstić information content (AvgIpc) is 3.27. The van der Waals surface area contributed by atoms with Crippen LogP contribution in [0.25, 0.3) is 0 Å². The molecule has 1 heterocycles. The first-order chi connectivity index (χ1) is 9.91. The molecule has 1 saturated heterocycles. The van der Waals surface area contributed by atoms with Gasteiger partial charge < -0.3 is 5.32 Å². The van der Waals surface area contributed by atoms with Crippen molar-refractivity contribution in [3.8, 4) is 0 Å². The molecule has 21 heavy (non-hydrogen) atoms. The van der Waals surface area contributed by atoms with Gasteiger partial charge in [0.15, 0.2) is 17.5 Å². The Labute approximate surface area is 118 Å². The Bertz CT molecular complexity index is 631. The Hall–Kier alpha value is -2.05. The van der Waals surface area contributed by atoms with Gasteiger partial charge in [-0.15, -0.1) is 0 Å². The monoisotopic (exact) mass is 298 g/mol. The quantitative estimate of drug-likeness (QED) is 0.845. The summed E-state index contributed by atoms with van der Waals surface area (Å²) in [5.41, 5.74) is -0.410. The molecular formula is C14H13F3N2O2. The summed E-state index contributed by atoms with van der Waals surface area (Å²) in [6.07, 6.45) is 1.61. The highest BCUT2D eigenvalue weighted by Crippen LogP contribution is 2.37. The van der Waals surface area contributed by atoms with E-state index in [9.17, 15) is 22.8 Å². The number of nitrogens with zero attached hydrogens (tertiary/aromatic N) is 1. The lowest BCUT2D eigenvalue weighted by Gasteiger charge is -2.37. The molecule has 1 aromatic rings. The lowest BCUT2D eigenvalue weighted by molar-refractivity contribution is -0.134. The molecule has 1 aliphatic carbocycles. The van der Waals surface area contributed by atoms with Crippen molar-refractivity contribution in [1.29, 1.82) is 0 Å². The van der Waals surface area contributed by atoms with Gasteiger partial charge in [-0.25, -0.2) is 13.2 Å². The molecule has 1 N–H and O–H groups in total. The second kappa shape index (κ2) is 4.75. The number of halogens is 3. The molecule has 2 fully saturated rings. The third kappa shape index (κ3) is 2.16. The summed E-state index contributed by atoms with van der Waals surface area (Å²) in [5, 5.41) is 2.60. The Morgan fingerprint density at radius 1 is 1.14 bits per heavy atom. The molecule has 3 rings (SSSR count). The Balaban J connectivity index is 2.04. The molecule has 1 saturated carbocycles. The highest BCUT2D eigenvalue weighted by Gasteiger charge is 2.46. The van der Waals surface area contributed by atoms with Gasteiger partial charge in [0.2, 0.25) is 5.91 Å². The minimum atomic E-state index is -1.65. The molecule has 0 aromatic heterocycles. The van der Waals surface area contributed by atoms with Gasteiger partial charge in [-0.05, 0) is 37.8 Å². The molecule has 2 amide bonds. The van der Waals surface area contributed by atoms with E-state index in [-0.39, 0.29) is 5.92 Å². The summed E-state index contributed by atoms with van der Waals surface area (Å²) in [6, 6.07) is 0.0185. The van der Waals surface area contributed by atoms with E-state index in [4.69, 9.17) is 0 Å². The minimum Gasteiger partial charge on any atom is -0.342 e. The number of hydrogen-bond acceptors (Lipinski definition) is 2. The summed E-state index contributed by atoms with van der Waals surface area (Å²) in [5.74, 6) is -5.34. The van der Waals surface area contributed by atoms with Crippen molar-refractivity contribution < 1.29 is 22.8 Å². The van der Waals surface area contributed by atoms with Crippen LogP contribution < -0.4 is 10.2 Å². The van der Waals surface area contributed by atoms with Crippen LogP contribution in [0.4, 0.5) is 18.9 Å². The molecule has 0 bridgehead atoms. The number of nitrogens with one attached hydrogen (secondary N) is 1. The van der Waals surface area contributed by atoms with Crippen molar-refractivity contribution in [2.24, 2.45) is 5.92 Å². The number of piperazine rings is 1. The fourth-order valence-electron chi connectivity index (χ4n) is 2.57. The molecule has 0 radical (unpaired) electrons. The van der Waals surface area contributed by atoms with E-state index in [1.54, 1.807) is 0 Å². The molecule has 1 aromatic carbocycles. The number of carbonyl (C=O) groups is 2. The predicted molar refractivity (Wildman–Crippen MR) is 67.9 cm³/mol. The van der Waals surface area contributed by atoms with Gasteiger partial charge in [0.05, 0.1) is 5.69 Å². The fraction of sp³-hybridized carbons (Fsp3) is 0.429. The van der Waals surface area contributed by atoms with E-state index in [0.29, 0.717) is 0 Å².